The Bertz CT molecular complexity index is 332. The number of hydrogen-bond acceptors (Lipinski definition) is 2. The third-order valence-corrected chi connectivity index (χ3v) is 2.24. The van der Waals surface area contributed by atoms with E-state index < -0.39 is 18.7 Å². The summed E-state index contributed by atoms with van der Waals surface area (Å²) in [5, 5.41) is 9.30. The Labute approximate surface area is 92.1 Å². The summed E-state index contributed by atoms with van der Waals surface area (Å²) >= 11 is 0. The second-order valence-electron chi connectivity index (χ2n) is 4.01. The summed E-state index contributed by atoms with van der Waals surface area (Å²) in [5.74, 6) is 0.265. The fourth-order valence-electron chi connectivity index (χ4n) is 1.28. The quantitative estimate of drug-likeness (QED) is 0.869. The van der Waals surface area contributed by atoms with Crippen molar-refractivity contribution >= 4 is 0 Å². The summed E-state index contributed by atoms with van der Waals surface area (Å²) in [4.78, 5) is 3.83. The lowest BCUT2D eigenvalue weighted by molar-refractivity contribution is -0.154. The summed E-state index contributed by atoms with van der Waals surface area (Å²) < 4.78 is 36.0. The van der Waals surface area contributed by atoms with Gasteiger partial charge in [0.05, 0.1) is 12.1 Å². The minimum Gasteiger partial charge on any atom is -0.386 e. The molecule has 0 aliphatic rings. The van der Waals surface area contributed by atoms with Crippen LogP contribution in [-0.4, -0.2) is 16.3 Å². The molecule has 0 amide bonds. The van der Waals surface area contributed by atoms with E-state index in [1.807, 2.05) is 13.8 Å². The van der Waals surface area contributed by atoms with Crippen molar-refractivity contribution in [3.63, 3.8) is 0 Å². The number of pyridine rings is 1. The number of aliphatic hydroxyl groups is 1. The zero-order valence-electron chi connectivity index (χ0n) is 9.12. The van der Waals surface area contributed by atoms with Crippen molar-refractivity contribution in [2.24, 2.45) is 0 Å². The van der Waals surface area contributed by atoms with Crippen molar-refractivity contribution in [2.75, 3.05) is 0 Å². The summed E-state index contributed by atoms with van der Waals surface area (Å²) in [5.41, 5.74) is 0.990. The number of aliphatic hydroxyl groups excluding tert-OH is 1. The van der Waals surface area contributed by atoms with Gasteiger partial charge < -0.3 is 5.11 Å². The third kappa shape index (κ3) is 3.81. The van der Waals surface area contributed by atoms with Gasteiger partial charge in [-0.1, -0.05) is 19.9 Å². The van der Waals surface area contributed by atoms with Gasteiger partial charge in [0.1, 0.15) is 6.10 Å². The number of rotatable bonds is 3. The number of hydrogen-bond donors (Lipinski definition) is 1. The van der Waals surface area contributed by atoms with Crippen LogP contribution in [0, 0.1) is 0 Å². The third-order valence-electron chi connectivity index (χ3n) is 2.24. The molecule has 1 aromatic heterocycles. The van der Waals surface area contributed by atoms with E-state index in [0.717, 1.165) is 5.56 Å². The van der Waals surface area contributed by atoms with Crippen LogP contribution in [0.1, 0.15) is 43.5 Å². The molecule has 0 saturated carbocycles. The van der Waals surface area contributed by atoms with Crippen LogP contribution in [0.5, 0.6) is 0 Å². The maximum absolute atomic E-state index is 12.0. The topological polar surface area (TPSA) is 33.1 Å². The second kappa shape index (κ2) is 4.82. The fourth-order valence-corrected chi connectivity index (χ4v) is 1.28. The molecule has 1 heterocycles. The summed E-state index contributed by atoms with van der Waals surface area (Å²) in [7, 11) is 0. The van der Waals surface area contributed by atoms with Gasteiger partial charge in [-0.15, -0.1) is 0 Å². The molecule has 1 aromatic rings. The monoisotopic (exact) mass is 233 g/mol. The van der Waals surface area contributed by atoms with Crippen molar-refractivity contribution in [1.82, 2.24) is 4.98 Å². The van der Waals surface area contributed by atoms with E-state index >= 15 is 0 Å². The predicted molar refractivity (Wildman–Crippen MR) is 54.0 cm³/mol. The van der Waals surface area contributed by atoms with Gasteiger partial charge >= 0.3 is 6.18 Å². The van der Waals surface area contributed by atoms with Gasteiger partial charge in [-0.2, -0.15) is 13.2 Å². The fraction of sp³-hybridized carbons (Fsp3) is 0.545. The van der Waals surface area contributed by atoms with Crippen molar-refractivity contribution in [1.29, 1.82) is 0 Å². The highest BCUT2D eigenvalue weighted by Gasteiger charge is 2.32. The molecule has 0 aromatic carbocycles. The van der Waals surface area contributed by atoms with Crippen molar-refractivity contribution in [3.05, 3.63) is 29.6 Å². The van der Waals surface area contributed by atoms with Crippen molar-refractivity contribution in [2.45, 2.75) is 38.5 Å². The molecule has 16 heavy (non-hydrogen) atoms. The van der Waals surface area contributed by atoms with Gasteiger partial charge in [0.15, 0.2) is 0 Å². The highest BCUT2D eigenvalue weighted by Crippen LogP contribution is 2.28. The Kier molecular flexibility index (Phi) is 3.91. The van der Waals surface area contributed by atoms with Crippen LogP contribution in [-0.2, 0) is 0 Å². The molecule has 5 heteroatoms. The predicted octanol–water partition coefficient (Wildman–Crippen LogP) is 3.19. The lowest BCUT2D eigenvalue weighted by atomic mass is 10.0. The number of nitrogens with zero attached hydrogens (tertiary/aromatic N) is 1. The average Bonchev–Trinajstić information content (AvgIpc) is 2.15. The Hall–Kier alpha value is -1.10. The van der Waals surface area contributed by atoms with Gasteiger partial charge in [0, 0.05) is 6.20 Å². The average molecular weight is 233 g/mol. The largest absolute Gasteiger partial charge is 0.391 e. The molecular formula is C11H14F3NO. The van der Waals surface area contributed by atoms with Gasteiger partial charge in [0.2, 0.25) is 0 Å². The summed E-state index contributed by atoms with van der Waals surface area (Å²) in [6, 6.07) is 3.12. The lowest BCUT2D eigenvalue weighted by Crippen LogP contribution is -2.14. The van der Waals surface area contributed by atoms with E-state index in [0.29, 0.717) is 0 Å². The molecule has 1 unspecified atom stereocenters. The molecule has 0 fully saturated rings. The normalized spacial score (nSPS) is 14.2. The Morgan fingerprint density at radius 1 is 1.31 bits per heavy atom. The Balaban J connectivity index is 2.74. The molecule has 90 valence electrons. The molecule has 0 aliphatic heterocycles. The van der Waals surface area contributed by atoms with E-state index in [2.05, 4.69) is 4.98 Å². The minimum absolute atomic E-state index is 0.0572. The van der Waals surface area contributed by atoms with Gasteiger partial charge in [-0.25, -0.2) is 0 Å². The first-order chi connectivity index (χ1) is 7.29. The second-order valence-corrected chi connectivity index (χ2v) is 4.01. The first kappa shape index (κ1) is 13.0. The molecule has 0 spiro atoms. The zero-order chi connectivity index (χ0) is 12.3. The van der Waals surface area contributed by atoms with Crippen molar-refractivity contribution < 1.29 is 18.3 Å². The molecule has 1 rings (SSSR count). The van der Waals surface area contributed by atoms with Crippen LogP contribution < -0.4 is 0 Å². The zero-order valence-corrected chi connectivity index (χ0v) is 9.12. The van der Waals surface area contributed by atoms with E-state index in [1.54, 1.807) is 6.07 Å². The van der Waals surface area contributed by atoms with E-state index in [4.69, 9.17) is 0 Å². The van der Waals surface area contributed by atoms with Crippen LogP contribution in [0.25, 0.3) is 0 Å². The number of aromatic nitrogens is 1. The van der Waals surface area contributed by atoms with E-state index in [-0.39, 0.29) is 11.6 Å². The smallest absolute Gasteiger partial charge is 0.386 e. The van der Waals surface area contributed by atoms with Crippen LogP contribution >= 0.6 is 0 Å². The van der Waals surface area contributed by atoms with Gasteiger partial charge in [-0.3, -0.25) is 4.98 Å². The van der Waals surface area contributed by atoms with Gasteiger partial charge in [-0.05, 0) is 17.5 Å². The first-order valence-corrected chi connectivity index (χ1v) is 5.00. The van der Waals surface area contributed by atoms with Crippen LogP contribution in [0.4, 0.5) is 13.2 Å². The highest BCUT2D eigenvalue weighted by molar-refractivity contribution is 5.18. The Morgan fingerprint density at radius 2 is 1.94 bits per heavy atom. The number of halogens is 3. The highest BCUT2D eigenvalue weighted by atomic mass is 19.4. The van der Waals surface area contributed by atoms with Crippen LogP contribution in [0.2, 0.25) is 0 Å². The van der Waals surface area contributed by atoms with E-state index in [1.165, 1.54) is 12.3 Å². The summed E-state index contributed by atoms with van der Waals surface area (Å²) in [6.07, 6.45) is -5.72. The van der Waals surface area contributed by atoms with Crippen LogP contribution in [0.15, 0.2) is 18.3 Å². The van der Waals surface area contributed by atoms with Gasteiger partial charge in [0.25, 0.3) is 0 Å². The molecule has 1 atom stereocenters. The molecule has 0 aliphatic carbocycles. The molecular weight excluding hydrogens is 219 g/mol. The molecule has 0 radical (unpaired) electrons. The number of alkyl halides is 3. The van der Waals surface area contributed by atoms with E-state index in [9.17, 15) is 18.3 Å². The molecule has 1 N–H and O–H groups in total. The standard InChI is InChI=1S/C11H14F3NO/c1-7(2)8-3-4-9(15-6-8)10(16)5-11(12,13)14/h3-4,6-7,10,16H,5H2,1-2H3. The Morgan fingerprint density at radius 3 is 2.31 bits per heavy atom. The molecule has 0 saturated heterocycles. The summed E-state index contributed by atoms with van der Waals surface area (Å²) in [6.45, 7) is 3.92. The first-order valence-electron chi connectivity index (χ1n) is 5.00. The maximum atomic E-state index is 12.0. The maximum Gasteiger partial charge on any atom is 0.391 e. The molecule has 2 nitrogen and oxygen atoms in total. The lowest BCUT2D eigenvalue weighted by Gasteiger charge is -2.13. The minimum atomic E-state index is -4.38. The SMILES string of the molecule is CC(C)c1ccc(C(O)CC(F)(F)F)nc1. The van der Waals surface area contributed by atoms with Crippen LogP contribution in [0.3, 0.4) is 0 Å². The van der Waals surface area contributed by atoms with Crippen molar-refractivity contribution in [3.8, 4) is 0 Å². The molecule has 0 bridgehead atoms.